The van der Waals surface area contributed by atoms with E-state index in [0.29, 0.717) is 32.0 Å². The van der Waals surface area contributed by atoms with Crippen LogP contribution in [-0.2, 0) is 9.53 Å². The van der Waals surface area contributed by atoms with Crippen molar-refractivity contribution >= 4 is 12.0 Å². The van der Waals surface area contributed by atoms with Crippen LogP contribution >= 0.6 is 0 Å². The fourth-order valence-electron chi connectivity index (χ4n) is 4.14. The molecular formula is C15H24N2O4. The van der Waals surface area contributed by atoms with E-state index in [-0.39, 0.29) is 18.0 Å². The molecule has 2 amide bonds. The van der Waals surface area contributed by atoms with Crippen LogP contribution in [0.15, 0.2) is 0 Å². The van der Waals surface area contributed by atoms with Crippen molar-refractivity contribution in [2.24, 2.45) is 17.3 Å². The highest BCUT2D eigenvalue weighted by atomic mass is 16.5. The fraction of sp³-hybridized carbons (Fsp3) is 0.867. The Bertz CT molecular complexity index is 435. The van der Waals surface area contributed by atoms with E-state index in [1.165, 1.54) is 0 Å². The van der Waals surface area contributed by atoms with E-state index in [1.54, 1.807) is 4.90 Å². The van der Waals surface area contributed by atoms with Crippen LogP contribution in [0.3, 0.4) is 0 Å². The summed E-state index contributed by atoms with van der Waals surface area (Å²) in [7, 11) is 0. The molecule has 0 aromatic carbocycles. The molecule has 118 valence electrons. The summed E-state index contributed by atoms with van der Waals surface area (Å²) in [5.74, 6) is -0.257. The molecule has 2 aliphatic heterocycles. The quantitative estimate of drug-likeness (QED) is 0.823. The van der Waals surface area contributed by atoms with Crippen LogP contribution in [0.4, 0.5) is 4.79 Å². The summed E-state index contributed by atoms with van der Waals surface area (Å²) in [5.41, 5.74) is -0.697. The van der Waals surface area contributed by atoms with E-state index in [4.69, 9.17) is 4.74 Å². The lowest BCUT2D eigenvalue weighted by molar-refractivity contribution is -0.149. The number of nitrogens with one attached hydrogen (secondary N) is 1. The van der Waals surface area contributed by atoms with Gasteiger partial charge in [0.25, 0.3) is 0 Å². The molecule has 0 radical (unpaired) electrons. The lowest BCUT2D eigenvalue weighted by atomic mass is 9.81. The number of carboxylic acid groups (broad SMARTS) is 1. The van der Waals surface area contributed by atoms with Crippen LogP contribution < -0.4 is 5.32 Å². The highest BCUT2D eigenvalue weighted by Gasteiger charge is 2.55. The first-order chi connectivity index (χ1) is 10.0. The Labute approximate surface area is 124 Å². The third-order valence-electron chi connectivity index (χ3n) is 5.61. The molecule has 4 atom stereocenters. The second-order valence-electron chi connectivity index (χ2n) is 6.79. The minimum Gasteiger partial charge on any atom is -0.481 e. The topological polar surface area (TPSA) is 78.9 Å². The Morgan fingerprint density at radius 1 is 1.43 bits per heavy atom. The predicted molar refractivity (Wildman–Crippen MR) is 75.9 cm³/mol. The molecule has 2 N–H and O–H groups in total. The van der Waals surface area contributed by atoms with Crippen molar-refractivity contribution in [1.82, 2.24) is 10.2 Å². The molecule has 3 fully saturated rings. The molecule has 2 saturated heterocycles. The number of fused-ring (bicyclic) bond motifs is 1. The maximum absolute atomic E-state index is 12.4. The summed E-state index contributed by atoms with van der Waals surface area (Å²) in [6, 6.07) is -0.0503. The summed E-state index contributed by atoms with van der Waals surface area (Å²) in [6.07, 6.45) is 3.55. The van der Waals surface area contributed by atoms with Crippen molar-refractivity contribution in [2.75, 3.05) is 26.3 Å². The molecular weight excluding hydrogens is 272 g/mol. The SMILES string of the molecule is CC(NC(=O)N1C[C@@H]2CCC[C@@]2(C(=O)O)C1)C1CCOC1. The lowest BCUT2D eigenvalue weighted by Crippen LogP contribution is -2.47. The summed E-state index contributed by atoms with van der Waals surface area (Å²) >= 11 is 0. The van der Waals surface area contributed by atoms with Crippen molar-refractivity contribution < 1.29 is 19.4 Å². The highest BCUT2D eigenvalue weighted by molar-refractivity contribution is 5.80. The summed E-state index contributed by atoms with van der Waals surface area (Å²) in [6.45, 7) is 4.39. The van der Waals surface area contributed by atoms with Crippen molar-refractivity contribution in [3.05, 3.63) is 0 Å². The third kappa shape index (κ3) is 2.50. The van der Waals surface area contributed by atoms with Gasteiger partial charge in [0.1, 0.15) is 0 Å². The number of urea groups is 1. The molecule has 1 saturated carbocycles. The number of aliphatic carboxylic acids is 1. The summed E-state index contributed by atoms with van der Waals surface area (Å²) in [5, 5.41) is 12.6. The second-order valence-corrected chi connectivity index (χ2v) is 6.79. The third-order valence-corrected chi connectivity index (χ3v) is 5.61. The maximum Gasteiger partial charge on any atom is 0.317 e. The first kappa shape index (κ1) is 14.6. The average Bonchev–Trinajstić information content (AvgIpc) is 3.13. The van der Waals surface area contributed by atoms with Crippen molar-refractivity contribution in [3.63, 3.8) is 0 Å². The van der Waals surface area contributed by atoms with Gasteiger partial charge in [-0.15, -0.1) is 0 Å². The molecule has 0 spiro atoms. The molecule has 6 nitrogen and oxygen atoms in total. The Hall–Kier alpha value is -1.30. The Kier molecular flexibility index (Phi) is 3.82. The van der Waals surface area contributed by atoms with Crippen LogP contribution in [0, 0.1) is 17.3 Å². The van der Waals surface area contributed by atoms with Gasteiger partial charge in [0.05, 0.1) is 12.0 Å². The number of carbonyl (C=O) groups is 2. The van der Waals surface area contributed by atoms with E-state index in [0.717, 1.165) is 25.9 Å². The smallest absolute Gasteiger partial charge is 0.317 e. The number of hydrogen-bond acceptors (Lipinski definition) is 3. The van der Waals surface area contributed by atoms with Crippen LogP contribution in [0.5, 0.6) is 0 Å². The molecule has 3 rings (SSSR count). The average molecular weight is 296 g/mol. The van der Waals surface area contributed by atoms with Crippen LogP contribution in [-0.4, -0.2) is 54.4 Å². The van der Waals surface area contributed by atoms with Gasteiger partial charge in [-0.1, -0.05) is 6.42 Å². The number of rotatable bonds is 3. The molecule has 1 aliphatic carbocycles. The van der Waals surface area contributed by atoms with Gasteiger partial charge in [-0.3, -0.25) is 4.79 Å². The zero-order valence-electron chi connectivity index (χ0n) is 12.5. The Balaban J connectivity index is 1.60. The van der Waals surface area contributed by atoms with Crippen LogP contribution in [0.1, 0.15) is 32.6 Å². The molecule has 3 aliphatic rings. The monoisotopic (exact) mass is 296 g/mol. The number of carbonyl (C=O) groups excluding carboxylic acids is 1. The normalized spacial score (nSPS) is 36.5. The van der Waals surface area contributed by atoms with Gasteiger partial charge in [0.2, 0.25) is 0 Å². The number of nitrogens with zero attached hydrogens (tertiary/aromatic N) is 1. The molecule has 2 heterocycles. The van der Waals surface area contributed by atoms with Gasteiger partial charge >= 0.3 is 12.0 Å². The van der Waals surface area contributed by atoms with E-state index < -0.39 is 11.4 Å². The van der Waals surface area contributed by atoms with Gasteiger partial charge in [-0.25, -0.2) is 4.79 Å². The summed E-state index contributed by atoms with van der Waals surface area (Å²) < 4.78 is 5.35. The van der Waals surface area contributed by atoms with Crippen molar-refractivity contribution in [3.8, 4) is 0 Å². The standard InChI is InChI=1S/C15H24N2O4/c1-10(11-4-6-21-8-11)16-14(20)17-7-12-3-2-5-15(12,9-17)13(18)19/h10-12H,2-9H2,1H3,(H,16,20)(H,18,19)/t10?,11?,12-,15+/m0/s1. The second kappa shape index (κ2) is 5.48. The van der Waals surface area contributed by atoms with Crippen molar-refractivity contribution in [2.45, 2.75) is 38.6 Å². The van der Waals surface area contributed by atoms with Crippen LogP contribution in [0.2, 0.25) is 0 Å². The Morgan fingerprint density at radius 3 is 2.86 bits per heavy atom. The van der Waals surface area contributed by atoms with E-state index in [2.05, 4.69) is 5.32 Å². The van der Waals surface area contributed by atoms with Gasteiger partial charge in [-0.2, -0.15) is 0 Å². The number of carboxylic acids is 1. The zero-order chi connectivity index (χ0) is 15.0. The van der Waals surface area contributed by atoms with Gasteiger partial charge in [-0.05, 0) is 32.1 Å². The first-order valence-corrected chi connectivity index (χ1v) is 7.89. The van der Waals surface area contributed by atoms with E-state index in [9.17, 15) is 14.7 Å². The fourth-order valence-corrected chi connectivity index (χ4v) is 4.14. The molecule has 21 heavy (non-hydrogen) atoms. The minimum absolute atomic E-state index is 0.0706. The van der Waals surface area contributed by atoms with E-state index >= 15 is 0 Å². The molecule has 2 unspecified atom stereocenters. The van der Waals surface area contributed by atoms with Crippen molar-refractivity contribution in [1.29, 1.82) is 0 Å². The first-order valence-electron chi connectivity index (χ1n) is 7.89. The van der Waals surface area contributed by atoms with Gasteiger partial charge in [0.15, 0.2) is 0 Å². The number of likely N-dealkylation sites (tertiary alicyclic amines) is 1. The van der Waals surface area contributed by atoms with E-state index in [1.807, 2.05) is 6.92 Å². The molecule has 0 bridgehead atoms. The highest BCUT2D eigenvalue weighted by Crippen LogP contribution is 2.48. The Morgan fingerprint density at radius 2 is 2.24 bits per heavy atom. The van der Waals surface area contributed by atoms with Gasteiger partial charge < -0.3 is 20.1 Å². The largest absolute Gasteiger partial charge is 0.481 e. The van der Waals surface area contributed by atoms with Gasteiger partial charge in [0, 0.05) is 31.7 Å². The number of hydrogen-bond donors (Lipinski definition) is 2. The minimum atomic E-state index is -0.738. The van der Waals surface area contributed by atoms with Crippen LogP contribution in [0.25, 0.3) is 0 Å². The molecule has 0 aromatic rings. The molecule has 0 aromatic heterocycles. The summed E-state index contributed by atoms with van der Waals surface area (Å²) in [4.78, 5) is 25.7. The zero-order valence-corrected chi connectivity index (χ0v) is 12.5. The predicted octanol–water partition coefficient (Wildman–Crippen LogP) is 1.31. The maximum atomic E-state index is 12.4. The molecule has 6 heteroatoms. The number of amides is 2. The number of ether oxygens (including phenoxy) is 1. The lowest BCUT2D eigenvalue weighted by Gasteiger charge is -2.26.